The van der Waals surface area contributed by atoms with Crippen molar-refractivity contribution in [3.8, 4) is 5.75 Å². The number of amides is 1. The molecule has 25 heavy (non-hydrogen) atoms. The molecule has 126 valence electrons. The number of phenols is 1. The number of hydrazone groups is 1. The summed E-state index contributed by atoms with van der Waals surface area (Å²) in [6.07, 6.45) is 0. The number of anilines is 1. The van der Waals surface area contributed by atoms with Crippen molar-refractivity contribution < 1.29 is 9.90 Å². The zero-order valence-corrected chi connectivity index (χ0v) is 13.9. The van der Waals surface area contributed by atoms with Gasteiger partial charge in [-0.05, 0) is 48.2 Å². The number of nitrogens with one attached hydrogen (secondary N) is 2. The third-order valence-corrected chi connectivity index (χ3v) is 3.86. The minimum absolute atomic E-state index is 0.125. The molecule has 0 unspecified atom stereocenters. The van der Waals surface area contributed by atoms with Crippen molar-refractivity contribution in [3.63, 3.8) is 0 Å². The van der Waals surface area contributed by atoms with E-state index in [1.165, 1.54) is 0 Å². The molecular weight excluding hydrogens is 314 g/mol. The monoisotopic (exact) mass is 333 g/mol. The number of carbonyl (C=O) groups excluding carboxylic acids is 1. The highest BCUT2D eigenvalue weighted by atomic mass is 16.3. The van der Waals surface area contributed by atoms with Crippen LogP contribution in [-0.4, -0.2) is 23.3 Å². The van der Waals surface area contributed by atoms with Gasteiger partial charge in [-0.3, -0.25) is 4.79 Å². The van der Waals surface area contributed by atoms with Gasteiger partial charge >= 0.3 is 0 Å². The fraction of sp³-hybridized carbons (Fsp3) is 0.100. The van der Waals surface area contributed by atoms with Crippen LogP contribution >= 0.6 is 0 Å². The van der Waals surface area contributed by atoms with E-state index < -0.39 is 0 Å². The predicted octanol–water partition coefficient (Wildman–Crippen LogP) is 3.50. The van der Waals surface area contributed by atoms with Gasteiger partial charge in [0.15, 0.2) is 0 Å². The SMILES string of the molecule is C/C(=N/NC(=O)CNc1cccc2ccccc12)c1ccc(O)cc1. The second kappa shape index (κ2) is 7.49. The number of aromatic hydroxyl groups is 1. The number of benzene rings is 3. The molecule has 0 fully saturated rings. The van der Waals surface area contributed by atoms with E-state index in [9.17, 15) is 9.90 Å². The number of carbonyl (C=O) groups is 1. The lowest BCUT2D eigenvalue weighted by Gasteiger charge is -2.09. The summed E-state index contributed by atoms with van der Waals surface area (Å²) in [5, 5.41) is 18.7. The van der Waals surface area contributed by atoms with E-state index in [0.717, 1.165) is 22.0 Å². The van der Waals surface area contributed by atoms with Gasteiger partial charge < -0.3 is 10.4 Å². The topological polar surface area (TPSA) is 73.7 Å². The second-order valence-electron chi connectivity index (χ2n) is 5.66. The first kappa shape index (κ1) is 16.5. The van der Waals surface area contributed by atoms with Gasteiger partial charge in [0.1, 0.15) is 5.75 Å². The minimum Gasteiger partial charge on any atom is -0.508 e. The average Bonchev–Trinajstić information content (AvgIpc) is 2.65. The van der Waals surface area contributed by atoms with Crippen LogP contribution in [-0.2, 0) is 4.79 Å². The molecule has 0 aliphatic rings. The highest BCUT2D eigenvalue weighted by Gasteiger charge is 2.04. The smallest absolute Gasteiger partial charge is 0.259 e. The quantitative estimate of drug-likeness (QED) is 0.494. The van der Waals surface area contributed by atoms with E-state index in [4.69, 9.17) is 0 Å². The molecule has 5 nitrogen and oxygen atoms in total. The molecule has 0 saturated carbocycles. The number of hydrogen-bond acceptors (Lipinski definition) is 4. The zero-order chi connectivity index (χ0) is 17.6. The highest BCUT2D eigenvalue weighted by Crippen LogP contribution is 2.22. The van der Waals surface area contributed by atoms with Crippen molar-refractivity contribution >= 4 is 28.1 Å². The Labute approximate surface area is 146 Å². The number of rotatable bonds is 5. The van der Waals surface area contributed by atoms with Crippen LogP contribution in [0.5, 0.6) is 5.75 Å². The molecule has 3 aromatic carbocycles. The minimum atomic E-state index is -0.230. The van der Waals surface area contributed by atoms with Crippen LogP contribution in [0.4, 0.5) is 5.69 Å². The van der Waals surface area contributed by atoms with E-state index in [-0.39, 0.29) is 18.2 Å². The van der Waals surface area contributed by atoms with Gasteiger partial charge in [-0.2, -0.15) is 5.10 Å². The second-order valence-corrected chi connectivity index (χ2v) is 5.66. The van der Waals surface area contributed by atoms with Crippen molar-refractivity contribution in [2.24, 2.45) is 5.10 Å². The first-order valence-corrected chi connectivity index (χ1v) is 7.97. The molecule has 0 heterocycles. The Balaban J connectivity index is 1.61. The maximum absolute atomic E-state index is 12.0. The normalized spacial score (nSPS) is 11.3. The van der Waals surface area contributed by atoms with Gasteiger partial charge in [0, 0.05) is 11.1 Å². The third-order valence-electron chi connectivity index (χ3n) is 3.86. The van der Waals surface area contributed by atoms with Gasteiger partial charge in [0.25, 0.3) is 5.91 Å². The van der Waals surface area contributed by atoms with Gasteiger partial charge in [0.05, 0.1) is 12.3 Å². The first-order chi connectivity index (χ1) is 12.1. The Kier molecular flexibility index (Phi) is 4.95. The van der Waals surface area contributed by atoms with E-state index in [1.54, 1.807) is 31.2 Å². The summed E-state index contributed by atoms with van der Waals surface area (Å²) >= 11 is 0. The molecular formula is C20H19N3O2. The summed E-state index contributed by atoms with van der Waals surface area (Å²) in [6, 6.07) is 20.6. The molecule has 5 heteroatoms. The number of nitrogens with zero attached hydrogens (tertiary/aromatic N) is 1. The van der Waals surface area contributed by atoms with Gasteiger partial charge in [0.2, 0.25) is 0 Å². The Morgan fingerprint density at radius 3 is 2.52 bits per heavy atom. The molecule has 0 radical (unpaired) electrons. The lowest BCUT2D eigenvalue weighted by Crippen LogP contribution is -2.26. The third kappa shape index (κ3) is 4.14. The van der Waals surface area contributed by atoms with Gasteiger partial charge in [-0.15, -0.1) is 0 Å². The molecule has 0 aromatic heterocycles. The predicted molar refractivity (Wildman–Crippen MR) is 101 cm³/mol. The highest BCUT2D eigenvalue weighted by molar-refractivity contribution is 5.99. The Morgan fingerprint density at radius 2 is 1.72 bits per heavy atom. The molecule has 0 saturated heterocycles. The Bertz CT molecular complexity index is 912. The van der Waals surface area contributed by atoms with Crippen molar-refractivity contribution in [1.29, 1.82) is 0 Å². The Hall–Kier alpha value is -3.34. The van der Waals surface area contributed by atoms with Crippen LogP contribution in [0.15, 0.2) is 71.8 Å². The number of fused-ring (bicyclic) bond motifs is 1. The standard InChI is InChI=1S/C20H19N3O2/c1-14(15-9-11-17(24)12-10-15)22-23-20(25)13-21-19-8-4-6-16-5-2-3-7-18(16)19/h2-12,21,24H,13H2,1H3,(H,23,25)/b22-14-. The van der Waals surface area contributed by atoms with E-state index >= 15 is 0 Å². The van der Waals surface area contributed by atoms with Crippen molar-refractivity contribution in [3.05, 3.63) is 72.3 Å². The maximum atomic E-state index is 12.0. The number of hydrogen-bond donors (Lipinski definition) is 3. The van der Waals surface area contributed by atoms with E-state index in [0.29, 0.717) is 5.71 Å². The van der Waals surface area contributed by atoms with Gasteiger partial charge in [-0.1, -0.05) is 36.4 Å². The van der Waals surface area contributed by atoms with E-state index in [2.05, 4.69) is 15.8 Å². The largest absolute Gasteiger partial charge is 0.508 e. The molecule has 3 N–H and O–H groups in total. The molecule has 0 spiro atoms. The van der Waals surface area contributed by atoms with Crippen molar-refractivity contribution in [2.75, 3.05) is 11.9 Å². The van der Waals surface area contributed by atoms with Crippen LogP contribution in [0.25, 0.3) is 10.8 Å². The lowest BCUT2D eigenvalue weighted by atomic mass is 10.1. The van der Waals surface area contributed by atoms with Crippen LogP contribution in [0.3, 0.4) is 0 Å². The van der Waals surface area contributed by atoms with Crippen LogP contribution in [0, 0.1) is 0 Å². The maximum Gasteiger partial charge on any atom is 0.259 e. The fourth-order valence-corrected chi connectivity index (χ4v) is 2.51. The average molecular weight is 333 g/mol. The molecule has 3 rings (SSSR count). The molecule has 0 bridgehead atoms. The summed E-state index contributed by atoms with van der Waals surface area (Å²) in [6.45, 7) is 1.92. The molecule has 0 atom stereocenters. The van der Waals surface area contributed by atoms with Gasteiger partial charge in [-0.25, -0.2) is 5.43 Å². The molecule has 0 aliphatic carbocycles. The summed E-state index contributed by atoms with van der Waals surface area (Å²) < 4.78 is 0. The summed E-state index contributed by atoms with van der Waals surface area (Å²) in [7, 11) is 0. The van der Waals surface area contributed by atoms with Crippen LogP contribution in [0.2, 0.25) is 0 Å². The summed E-state index contributed by atoms with van der Waals surface area (Å²) in [5.74, 6) is -0.0362. The zero-order valence-electron chi connectivity index (χ0n) is 13.9. The van der Waals surface area contributed by atoms with Crippen LogP contribution in [0.1, 0.15) is 12.5 Å². The van der Waals surface area contributed by atoms with Crippen molar-refractivity contribution in [2.45, 2.75) is 6.92 Å². The number of phenolic OH excluding ortho intramolecular Hbond substituents is 1. The van der Waals surface area contributed by atoms with Crippen molar-refractivity contribution in [1.82, 2.24) is 5.43 Å². The molecule has 3 aromatic rings. The molecule has 1 amide bonds. The van der Waals surface area contributed by atoms with E-state index in [1.807, 2.05) is 42.5 Å². The summed E-state index contributed by atoms with van der Waals surface area (Å²) in [5.41, 5.74) is 4.95. The first-order valence-electron chi connectivity index (χ1n) is 7.97. The van der Waals surface area contributed by atoms with Crippen LogP contribution < -0.4 is 10.7 Å². The Morgan fingerprint density at radius 1 is 1.00 bits per heavy atom. The lowest BCUT2D eigenvalue weighted by molar-refractivity contribution is -0.119. The fourth-order valence-electron chi connectivity index (χ4n) is 2.51. The summed E-state index contributed by atoms with van der Waals surface area (Å²) in [4.78, 5) is 12.0. The molecule has 0 aliphatic heterocycles.